The monoisotopic (exact) mass is 356 g/mol. The second-order valence-electron chi connectivity index (χ2n) is 5.92. The molecule has 0 aromatic heterocycles. The van der Waals surface area contributed by atoms with Gasteiger partial charge in [0.15, 0.2) is 12.6 Å². The second-order valence-corrected chi connectivity index (χ2v) is 5.92. The highest BCUT2D eigenvalue weighted by Crippen LogP contribution is 2.27. The van der Waals surface area contributed by atoms with Crippen LogP contribution < -0.4 is 0 Å². The van der Waals surface area contributed by atoms with Crippen LogP contribution in [-0.4, -0.2) is 115 Å². The van der Waals surface area contributed by atoms with Crippen LogP contribution in [0.3, 0.4) is 0 Å². The van der Waals surface area contributed by atoms with E-state index in [1.807, 2.05) is 0 Å². The van der Waals surface area contributed by atoms with Gasteiger partial charge in [-0.3, -0.25) is 0 Å². The number of hydrogen-bond acceptors (Lipinski definition) is 11. The SMILES string of the molecule is OCC1O[C@@H](O[C@@H]2C(O)CC(O)[C@H](O)OC2CO)C(O)C(O)[C@H]1O. The molecule has 24 heavy (non-hydrogen) atoms. The maximum absolute atomic E-state index is 10.1. The number of rotatable bonds is 4. The average Bonchev–Trinajstić information content (AvgIpc) is 2.66. The Morgan fingerprint density at radius 1 is 0.750 bits per heavy atom. The molecule has 2 aliphatic heterocycles. The van der Waals surface area contributed by atoms with Gasteiger partial charge in [-0.05, 0) is 0 Å². The van der Waals surface area contributed by atoms with Gasteiger partial charge in [0, 0.05) is 6.42 Å². The maximum atomic E-state index is 10.1. The molecule has 142 valence electrons. The first-order valence-electron chi connectivity index (χ1n) is 7.56. The zero-order chi connectivity index (χ0) is 18.0. The van der Waals surface area contributed by atoms with Crippen molar-refractivity contribution in [3.63, 3.8) is 0 Å². The summed E-state index contributed by atoms with van der Waals surface area (Å²) in [4.78, 5) is 0. The smallest absolute Gasteiger partial charge is 0.187 e. The molecular weight excluding hydrogens is 332 g/mol. The van der Waals surface area contributed by atoms with E-state index in [4.69, 9.17) is 19.3 Å². The van der Waals surface area contributed by atoms with Crippen LogP contribution in [0.5, 0.6) is 0 Å². The van der Waals surface area contributed by atoms with Crippen LogP contribution in [-0.2, 0) is 14.2 Å². The number of hydrogen-bond donors (Lipinski definition) is 8. The van der Waals surface area contributed by atoms with E-state index >= 15 is 0 Å². The van der Waals surface area contributed by atoms with Crippen LogP contribution in [0.15, 0.2) is 0 Å². The first kappa shape index (κ1) is 19.9. The first-order valence-corrected chi connectivity index (χ1v) is 7.56. The Hall–Kier alpha value is -0.440. The number of ether oxygens (including phenoxy) is 3. The Kier molecular flexibility index (Phi) is 6.87. The molecule has 8 N–H and O–H groups in total. The minimum Gasteiger partial charge on any atom is -0.394 e. The molecule has 0 aromatic carbocycles. The quantitative estimate of drug-likeness (QED) is 0.241. The largest absolute Gasteiger partial charge is 0.394 e. The Balaban J connectivity index is 2.13. The van der Waals surface area contributed by atoms with Gasteiger partial charge < -0.3 is 55.1 Å². The fraction of sp³-hybridized carbons (Fsp3) is 1.00. The van der Waals surface area contributed by atoms with Crippen molar-refractivity contribution in [3.8, 4) is 0 Å². The molecule has 0 amide bonds. The summed E-state index contributed by atoms with van der Waals surface area (Å²) in [6.07, 6.45) is -15.1. The summed E-state index contributed by atoms with van der Waals surface area (Å²) in [6, 6.07) is 0. The second kappa shape index (κ2) is 8.29. The van der Waals surface area contributed by atoms with Gasteiger partial charge >= 0.3 is 0 Å². The van der Waals surface area contributed by atoms with E-state index < -0.39 is 74.6 Å². The van der Waals surface area contributed by atoms with Gasteiger partial charge in [0.05, 0.1) is 19.3 Å². The molecule has 11 heteroatoms. The Morgan fingerprint density at radius 3 is 1.96 bits per heavy atom. The van der Waals surface area contributed by atoms with Gasteiger partial charge in [-0.15, -0.1) is 0 Å². The predicted octanol–water partition coefficient (Wildman–Crippen LogP) is -5.01. The van der Waals surface area contributed by atoms with Crippen molar-refractivity contribution in [2.45, 2.75) is 67.8 Å². The van der Waals surface area contributed by atoms with Gasteiger partial charge in [-0.1, -0.05) is 0 Å². The molecule has 11 nitrogen and oxygen atoms in total. The molecule has 2 heterocycles. The third-order valence-electron chi connectivity index (χ3n) is 4.19. The molecule has 0 bridgehead atoms. The van der Waals surface area contributed by atoms with Crippen molar-refractivity contribution in [1.82, 2.24) is 0 Å². The highest BCUT2D eigenvalue weighted by molar-refractivity contribution is 4.91. The van der Waals surface area contributed by atoms with E-state index in [-0.39, 0.29) is 6.42 Å². The van der Waals surface area contributed by atoms with Crippen molar-refractivity contribution >= 4 is 0 Å². The third kappa shape index (κ3) is 4.03. The molecule has 2 fully saturated rings. The van der Waals surface area contributed by atoms with Crippen molar-refractivity contribution in [2.75, 3.05) is 13.2 Å². The molecule has 2 rings (SSSR count). The van der Waals surface area contributed by atoms with Crippen LogP contribution in [0, 0.1) is 0 Å². The van der Waals surface area contributed by atoms with Gasteiger partial charge in [0.2, 0.25) is 0 Å². The fourth-order valence-electron chi connectivity index (χ4n) is 2.75. The molecule has 0 saturated carbocycles. The van der Waals surface area contributed by atoms with Crippen LogP contribution in [0.1, 0.15) is 6.42 Å². The highest BCUT2D eigenvalue weighted by Gasteiger charge is 2.47. The maximum Gasteiger partial charge on any atom is 0.187 e. The van der Waals surface area contributed by atoms with Crippen LogP contribution in [0.2, 0.25) is 0 Å². The van der Waals surface area contributed by atoms with Crippen molar-refractivity contribution in [1.29, 1.82) is 0 Å². The van der Waals surface area contributed by atoms with E-state index in [1.165, 1.54) is 0 Å². The first-order chi connectivity index (χ1) is 11.3. The van der Waals surface area contributed by atoms with E-state index in [9.17, 15) is 35.7 Å². The summed E-state index contributed by atoms with van der Waals surface area (Å²) in [5.74, 6) is 0. The molecular formula is C13H24O11. The molecule has 6 unspecified atom stereocenters. The lowest BCUT2D eigenvalue weighted by Gasteiger charge is -2.42. The fourth-order valence-corrected chi connectivity index (χ4v) is 2.75. The summed E-state index contributed by atoms with van der Waals surface area (Å²) < 4.78 is 15.5. The van der Waals surface area contributed by atoms with Gasteiger partial charge in [0.25, 0.3) is 0 Å². The van der Waals surface area contributed by atoms with Gasteiger partial charge in [0.1, 0.15) is 42.7 Å². The van der Waals surface area contributed by atoms with E-state index in [2.05, 4.69) is 0 Å². The molecule has 0 aliphatic carbocycles. The molecule has 10 atom stereocenters. The van der Waals surface area contributed by atoms with Crippen LogP contribution >= 0.6 is 0 Å². The Labute approximate surface area is 137 Å². The summed E-state index contributed by atoms with van der Waals surface area (Å²) >= 11 is 0. The summed E-state index contributed by atoms with van der Waals surface area (Å²) in [7, 11) is 0. The van der Waals surface area contributed by atoms with Crippen molar-refractivity contribution in [2.24, 2.45) is 0 Å². The summed E-state index contributed by atoms with van der Waals surface area (Å²) in [5.41, 5.74) is 0. The standard InChI is InChI=1S/C13H24O11/c14-2-6-8(18)9(19)10(20)13(23-6)24-11-4(16)1-5(17)12(21)22-7(11)3-15/h4-21H,1-3H2/t4?,5?,6?,7?,8-,9?,10?,11+,12+,13-/m0/s1. The van der Waals surface area contributed by atoms with E-state index in [0.717, 1.165) is 0 Å². The molecule has 0 radical (unpaired) electrons. The molecule has 2 saturated heterocycles. The Morgan fingerprint density at radius 2 is 1.38 bits per heavy atom. The minimum atomic E-state index is -1.70. The molecule has 0 spiro atoms. The van der Waals surface area contributed by atoms with Crippen molar-refractivity contribution in [3.05, 3.63) is 0 Å². The average molecular weight is 356 g/mol. The third-order valence-corrected chi connectivity index (χ3v) is 4.19. The number of aliphatic hydroxyl groups is 8. The minimum absolute atomic E-state index is 0.334. The normalized spacial score (nSPS) is 50.5. The van der Waals surface area contributed by atoms with Gasteiger partial charge in [-0.2, -0.15) is 0 Å². The predicted molar refractivity (Wildman–Crippen MR) is 73.2 cm³/mol. The summed E-state index contributed by atoms with van der Waals surface area (Å²) in [6.45, 7) is -1.34. The highest BCUT2D eigenvalue weighted by atomic mass is 16.7. The van der Waals surface area contributed by atoms with Crippen LogP contribution in [0.4, 0.5) is 0 Å². The lowest BCUT2D eigenvalue weighted by atomic mass is 9.98. The zero-order valence-corrected chi connectivity index (χ0v) is 12.7. The van der Waals surface area contributed by atoms with E-state index in [1.54, 1.807) is 0 Å². The van der Waals surface area contributed by atoms with Crippen LogP contribution in [0.25, 0.3) is 0 Å². The lowest BCUT2D eigenvalue weighted by molar-refractivity contribution is -0.327. The van der Waals surface area contributed by atoms with Gasteiger partial charge in [-0.25, -0.2) is 0 Å². The van der Waals surface area contributed by atoms with E-state index in [0.29, 0.717) is 0 Å². The molecule has 2 aliphatic rings. The zero-order valence-electron chi connectivity index (χ0n) is 12.7. The topological polar surface area (TPSA) is 190 Å². The van der Waals surface area contributed by atoms with Crippen molar-refractivity contribution < 1.29 is 55.1 Å². The summed E-state index contributed by atoms with van der Waals surface area (Å²) in [5, 5.41) is 77.2. The number of aliphatic hydroxyl groups excluding tert-OH is 8. The Bertz CT molecular complexity index is 394. The lowest BCUT2D eigenvalue weighted by Crippen LogP contribution is -2.61. The molecule has 0 aromatic rings.